The third kappa shape index (κ3) is 4.60. The number of carbonyl (C=O) groups excluding carboxylic acids is 1. The summed E-state index contributed by atoms with van der Waals surface area (Å²) in [5.74, 6) is -0.123. The van der Waals surface area contributed by atoms with Crippen LogP contribution in [0.15, 0.2) is 40.6 Å². The van der Waals surface area contributed by atoms with Crippen molar-refractivity contribution < 1.29 is 17.9 Å². The van der Waals surface area contributed by atoms with E-state index in [2.05, 4.69) is 21.7 Å². The number of carbonyl (C=O) groups is 1. The van der Waals surface area contributed by atoms with Crippen LogP contribution in [0.3, 0.4) is 0 Å². The number of hydrogen-bond donors (Lipinski definition) is 1. The van der Waals surface area contributed by atoms with Crippen molar-refractivity contribution in [3.05, 3.63) is 46.2 Å². The van der Waals surface area contributed by atoms with Gasteiger partial charge in [0.25, 0.3) is 0 Å². The number of thiophene rings is 1. The molecule has 30 heavy (non-hydrogen) atoms. The van der Waals surface area contributed by atoms with Gasteiger partial charge in [0.05, 0.1) is 24.7 Å². The van der Waals surface area contributed by atoms with Crippen LogP contribution in [0.25, 0.3) is 0 Å². The average molecular weight is 450 g/mol. The Balaban J connectivity index is 1.46. The van der Waals surface area contributed by atoms with E-state index in [9.17, 15) is 13.2 Å². The predicted octanol–water partition coefficient (Wildman–Crippen LogP) is 2.85. The largest absolute Gasteiger partial charge is 0.379 e. The van der Waals surface area contributed by atoms with E-state index in [1.54, 1.807) is 29.5 Å². The summed E-state index contributed by atoms with van der Waals surface area (Å²) in [6.07, 6.45) is 2.13. The van der Waals surface area contributed by atoms with E-state index in [0.717, 1.165) is 24.9 Å². The van der Waals surface area contributed by atoms with Gasteiger partial charge >= 0.3 is 0 Å². The smallest absolute Gasteiger partial charge is 0.243 e. The number of likely N-dealkylation sites (tertiary alicyclic amines) is 1. The summed E-state index contributed by atoms with van der Waals surface area (Å²) >= 11 is 1.72. The zero-order chi connectivity index (χ0) is 21.1. The molecule has 1 amide bonds. The minimum Gasteiger partial charge on any atom is -0.379 e. The SMILES string of the molecule is Cc1ccc(S(=O)(=O)N2CCOCC2)cc1NC(=O)CN1CCC[C@@H]1c1cccs1. The Morgan fingerprint density at radius 2 is 2.03 bits per heavy atom. The minimum atomic E-state index is -3.60. The summed E-state index contributed by atoms with van der Waals surface area (Å²) < 4.78 is 32.6. The molecular weight excluding hydrogens is 422 g/mol. The molecule has 2 saturated heterocycles. The second kappa shape index (κ2) is 9.15. The first-order chi connectivity index (χ1) is 14.4. The van der Waals surface area contributed by atoms with Gasteiger partial charge in [0.15, 0.2) is 0 Å². The summed E-state index contributed by atoms with van der Waals surface area (Å²) in [6.45, 7) is 4.54. The number of morpholine rings is 1. The van der Waals surface area contributed by atoms with Gasteiger partial charge < -0.3 is 10.1 Å². The number of nitrogens with zero attached hydrogens (tertiary/aromatic N) is 2. The molecule has 0 bridgehead atoms. The Labute approximate surface area is 181 Å². The van der Waals surface area contributed by atoms with Crippen LogP contribution in [0, 0.1) is 6.92 Å². The molecule has 0 unspecified atom stereocenters. The summed E-state index contributed by atoms with van der Waals surface area (Å²) in [5, 5.41) is 5.00. The van der Waals surface area contributed by atoms with Crippen LogP contribution < -0.4 is 5.32 Å². The van der Waals surface area contributed by atoms with Gasteiger partial charge in [-0.3, -0.25) is 9.69 Å². The second-order valence-corrected chi connectivity index (χ2v) is 10.6. The topological polar surface area (TPSA) is 79.0 Å². The highest BCUT2D eigenvalue weighted by Gasteiger charge is 2.29. The maximum atomic E-state index is 12.9. The van der Waals surface area contributed by atoms with E-state index in [4.69, 9.17) is 4.74 Å². The number of amides is 1. The normalized spacial score (nSPS) is 21.0. The van der Waals surface area contributed by atoms with Crippen molar-refractivity contribution in [2.24, 2.45) is 0 Å². The highest BCUT2D eigenvalue weighted by molar-refractivity contribution is 7.89. The van der Waals surface area contributed by atoms with Crippen molar-refractivity contribution in [1.29, 1.82) is 0 Å². The number of benzene rings is 1. The molecule has 4 rings (SSSR count). The van der Waals surface area contributed by atoms with Crippen LogP contribution in [-0.4, -0.2) is 62.9 Å². The molecule has 0 aliphatic carbocycles. The van der Waals surface area contributed by atoms with E-state index >= 15 is 0 Å². The molecule has 2 aliphatic rings. The zero-order valence-corrected chi connectivity index (χ0v) is 18.7. The predicted molar refractivity (Wildman–Crippen MR) is 117 cm³/mol. The van der Waals surface area contributed by atoms with E-state index in [1.165, 1.54) is 9.18 Å². The Bertz CT molecular complexity index is 986. The lowest BCUT2D eigenvalue weighted by atomic mass is 10.2. The average Bonchev–Trinajstić information content (AvgIpc) is 3.42. The molecule has 162 valence electrons. The third-order valence-corrected chi connectivity index (χ3v) is 8.54. The molecule has 1 N–H and O–H groups in total. The first-order valence-corrected chi connectivity index (χ1v) is 12.5. The Morgan fingerprint density at radius 1 is 1.23 bits per heavy atom. The molecule has 1 aromatic carbocycles. The van der Waals surface area contributed by atoms with Crippen LogP contribution in [0.5, 0.6) is 0 Å². The number of nitrogens with one attached hydrogen (secondary N) is 1. The number of ether oxygens (including phenoxy) is 1. The monoisotopic (exact) mass is 449 g/mol. The van der Waals surface area contributed by atoms with Gasteiger partial charge in [-0.05, 0) is 55.5 Å². The molecule has 2 aliphatic heterocycles. The molecule has 1 atom stereocenters. The van der Waals surface area contributed by atoms with Gasteiger partial charge in [0, 0.05) is 29.7 Å². The fraction of sp³-hybridized carbons (Fsp3) is 0.476. The third-order valence-electron chi connectivity index (χ3n) is 5.67. The number of sulfonamides is 1. The van der Waals surface area contributed by atoms with Crippen LogP contribution in [0.2, 0.25) is 0 Å². The first kappa shape index (κ1) is 21.5. The highest BCUT2D eigenvalue weighted by atomic mass is 32.2. The lowest BCUT2D eigenvalue weighted by Gasteiger charge is -2.26. The van der Waals surface area contributed by atoms with Gasteiger partial charge in [-0.15, -0.1) is 11.3 Å². The standard InChI is InChI=1S/C21H27N3O4S2/c1-16-6-7-17(30(26,27)24-9-11-28-12-10-24)14-18(16)22-21(25)15-23-8-2-4-19(23)20-5-3-13-29-20/h3,5-7,13-14,19H,2,4,8-12,15H2,1H3,(H,22,25)/t19-/m1/s1. The van der Waals surface area contributed by atoms with Gasteiger partial charge in [-0.25, -0.2) is 8.42 Å². The van der Waals surface area contributed by atoms with E-state index in [-0.39, 0.29) is 16.8 Å². The van der Waals surface area contributed by atoms with Gasteiger partial charge in [0.2, 0.25) is 15.9 Å². The summed E-state index contributed by atoms with van der Waals surface area (Å²) in [4.78, 5) is 16.5. The second-order valence-electron chi connectivity index (χ2n) is 7.69. The minimum absolute atomic E-state index is 0.123. The molecular formula is C21H27N3O4S2. The van der Waals surface area contributed by atoms with Crippen molar-refractivity contribution in [3.63, 3.8) is 0 Å². The molecule has 2 fully saturated rings. The lowest BCUT2D eigenvalue weighted by molar-refractivity contribution is -0.117. The Morgan fingerprint density at radius 3 is 2.77 bits per heavy atom. The van der Waals surface area contributed by atoms with E-state index in [1.807, 2.05) is 13.0 Å². The van der Waals surface area contributed by atoms with Crippen LogP contribution in [0.1, 0.15) is 29.3 Å². The lowest BCUT2D eigenvalue weighted by Crippen LogP contribution is -2.40. The summed E-state index contributed by atoms with van der Waals surface area (Å²) in [5.41, 5.74) is 1.38. The zero-order valence-electron chi connectivity index (χ0n) is 17.0. The molecule has 1 aromatic heterocycles. The van der Waals surface area contributed by atoms with E-state index < -0.39 is 10.0 Å². The summed E-state index contributed by atoms with van der Waals surface area (Å²) in [7, 11) is -3.60. The fourth-order valence-electron chi connectivity index (χ4n) is 4.02. The Kier molecular flexibility index (Phi) is 6.54. The van der Waals surface area contributed by atoms with Gasteiger partial charge in [-0.2, -0.15) is 4.31 Å². The number of rotatable bonds is 6. The summed E-state index contributed by atoms with van der Waals surface area (Å²) in [6, 6.07) is 9.36. The maximum Gasteiger partial charge on any atom is 0.243 e. The first-order valence-electron chi connectivity index (χ1n) is 10.2. The van der Waals surface area contributed by atoms with Crippen molar-refractivity contribution >= 4 is 33.0 Å². The molecule has 3 heterocycles. The maximum absolute atomic E-state index is 12.9. The molecule has 7 nitrogen and oxygen atoms in total. The van der Waals surface area contributed by atoms with E-state index in [0.29, 0.717) is 38.5 Å². The van der Waals surface area contributed by atoms with Crippen LogP contribution in [-0.2, 0) is 19.6 Å². The van der Waals surface area contributed by atoms with Crippen LogP contribution in [0.4, 0.5) is 5.69 Å². The molecule has 0 saturated carbocycles. The number of anilines is 1. The van der Waals surface area contributed by atoms with Crippen molar-refractivity contribution in [3.8, 4) is 0 Å². The van der Waals surface area contributed by atoms with Gasteiger partial charge in [-0.1, -0.05) is 12.1 Å². The quantitative estimate of drug-likeness (QED) is 0.734. The molecule has 2 aromatic rings. The van der Waals surface area contributed by atoms with Crippen LogP contribution >= 0.6 is 11.3 Å². The number of hydrogen-bond acceptors (Lipinski definition) is 6. The number of aryl methyl sites for hydroxylation is 1. The van der Waals surface area contributed by atoms with Gasteiger partial charge in [0.1, 0.15) is 0 Å². The van der Waals surface area contributed by atoms with Crippen molar-refractivity contribution in [2.45, 2.75) is 30.7 Å². The Hall–Kier alpha value is -1.78. The highest BCUT2D eigenvalue weighted by Crippen LogP contribution is 2.34. The molecule has 0 spiro atoms. The molecule has 9 heteroatoms. The van der Waals surface area contributed by atoms with Crippen molar-refractivity contribution in [1.82, 2.24) is 9.21 Å². The fourth-order valence-corrected chi connectivity index (χ4v) is 6.36. The molecule has 0 radical (unpaired) electrons. The van der Waals surface area contributed by atoms with Crippen molar-refractivity contribution in [2.75, 3.05) is 44.7 Å².